The van der Waals surface area contributed by atoms with E-state index in [2.05, 4.69) is 133 Å². The molecule has 0 saturated carbocycles. The molecule has 6 aromatic carbocycles. The Morgan fingerprint density at radius 1 is 0.521 bits per heavy atom. The Kier molecular flexibility index (Phi) is 5.88. The Balaban J connectivity index is 1.24. The Labute approximate surface area is 278 Å². The Morgan fingerprint density at radius 3 is 2.12 bits per heavy atom. The highest BCUT2D eigenvalue weighted by molar-refractivity contribution is 5.96. The molecule has 2 heterocycles. The molecule has 0 bridgehead atoms. The molecular weight excluding hydrogens is 587 g/mol. The molecule has 1 aromatic heterocycles. The van der Waals surface area contributed by atoms with Gasteiger partial charge < -0.3 is 4.74 Å². The number of hydrogen-bond donors (Lipinski definition) is 0. The van der Waals surface area contributed by atoms with Crippen LogP contribution in [0.25, 0.3) is 50.5 Å². The van der Waals surface area contributed by atoms with Crippen molar-refractivity contribution in [3.8, 4) is 45.7 Å². The first kappa shape index (κ1) is 27.0. The fourth-order valence-corrected chi connectivity index (χ4v) is 8.07. The van der Waals surface area contributed by atoms with Gasteiger partial charge in [-0.2, -0.15) is 0 Å². The van der Waals surface area contributed by atoms with Crippen molar-refractivity contribution in [1.29, 1.82) is 0 Å². The number of para-hydroxylation sites is 1. The van der Waals surface area contributed by atoms with Crippen LogP contribution in [0.3, 0.4) is 0 Å². The van der Waals surface area contributed by atoms with E-state index in [0.29, 0.717) is 17.5 Å². The van der Waals surface area contributed by atoms with Gasteiger partial charge in [0, 0.05) is 27.8 Å². The number of aromatic nitrogens is 3. The summed E-state index contributed by atoms with van der Waals surface area (Å²) >= 11 is 0. The van der Waals surface area contributed by atoms with Crippen molar-refractivity contribution in [2.24, 2.45) is 0 Å². The van der Waals surface area contributed by atoms with Crippen LogP contribution in [0.5, 0.6) is 11.5 Å². The zero-order valence-electron chi connectivity index (χ0n) is 26.1. The van der Waals surface area contributed by atoms with Gasteiger partial charge in [0.1, 0.15) is 11.5 Å². The quantitative estimate of drug-likeness (QED) is 0.198. The van der Waals surface area contributed by atoms with Crippen LogP contribution in [-0.4, -0.2) is 15.0 Å². The molecule has 0 fully saturated rings. The van der Waals surface area contributed by atoms with Gasteiger partial charge in [0.25, 0.3) is 0 Å². The summed E-state index contributed by atoms with van der Waals surface area (Å²) in [6.07, 6.45) is 6.62. The molecule has 0 amide bonds. The highest BCUT2D eigenvalue weighted by Crippen LogP contribution is 2.63. The molecule has 0 saturated heterocycles. The molecule has 10 rings (SSSR count). The maximum atomic E-state index is 6.69. The van der Waals surface area contributed by atoms with Gasteiger partial charge in [-0.1, -0.05) is 127 Å². The van der Waals surface area contributed by atoms with Crippen molar-refractivity contribution >= 4 is 16.3 Å². The summed E-state index contributed by atoms with van der Waals surface area (Å²) in [5, 5.41) is 2.26. The smallest absolute Gasteiger partial charge is 0.164 e. The molecule has 226 valence electrons. The minimum Gasteiger partial charge on any atom is -0.457 e. The van der Waals surface area contributed by atoms with Crippen molar-refractivity contribution < 1.29 is 4.74 Å². The third kappa shape index (κ3) is 3.86. The summed E-state index contributed by atoms with van der Waals surface area (Å²) in [6.45, 7) is 0. The van der Waals surface area contributed by atoms with Crippen LogP contribution in [0.1, 0.15) is 35.1 Å². The van der Waals surface area contributed by atoms with Crippen LogP contribution in [-0.2, 0) is 5.41 Å². The molecule has 0 radical (unpaired) electrons. The number of benzene rings is 6. The fraction of sp³-hybridized carbons (Fsp3) is 0.0682. The topological polar surface area (TPSA) is 47.9 Å². The van der Waals surface area contributed by atoms with E-state index in [-0.39, 0.29) is 0 Å². The van der Waals surface area contributed by atoms with Gasteiger partial charge in [-0.05, 0) is 70.2 Å². The maximum absolute atomic E-state index is 6.69. The lowest BCUT2D eigenvalue weighted by molar-refractivity contribution is 0.432. The van der Waals surface area contributed by atoms with Gasteiger partial charge in [0.15, 0.2) is 17.5 Å². The van der Waals surface area contributed by atoms with E-state index < -0.39 is 5.41 Å². The summed E-state index contributed by atoms with van der Waals surface area (Å²) < 4.78 is 6.69. The molecule has 1 aliphatic heterocycles. The monoisotopic (exact) mass is 615 g/mol. The van der Waals surface area contributed by atoms with E-state index in [9.17, 15) is 0 Å². The molecule has 1 unspecified atom stereocenters. The first-order chi connectivity index (χ1) is 23.8. The number of fused-ring (bicyclic) bond motifs is 9. The summed E-state index contributed by atoms with van der Waals surface area (Å²) in [5.41, 5.74) is 10.0. The summed E-state index contributed by atoms with van der Waals surface area (Å²) in [5.74, 6) is 3.69. The predicted octanol–water partition coefficient (Wildman–Crippen LogP) is 10.6. The minimum absolute atomic E-state index is 0.482. The Bertz CT molecular complexity index is 2490. The van der Waals surface area contributed by atoms with E-state index in [0.717, 1.165) is 57.4 Å². The van der Waals surface area contributed by atoms with E-state index in [1.54, 1.807) is 0 Å². The second-order valence-corrected chi connectivity index (χ2v) is 12.6. The maximum Gasteiger partial charge on any atom is 0.164 e. The van der Waals surface area contributed by atoms with Crippen molar-refractivity contribution in [3.05, 3.63) is 180 Å². The van der Waals surface area contributed by atoms with Gasteiger partial charge in [-0.3, -0.25) is 0 Å². The highest BCUT2D eigenvalue weighted by Gasteiger charge is 2.52. The number of ether oxygens (including phenoxy) is 1. The van der Waals surface area contributed by atoms with Crippen LogP contribution >= 0.6 is 0 Å². The van der Waals surface area contributed by atoms with E-state index >= 15 is 0 Å². The average molecular weight is 616 g/mol. The summed E-state index contributed by atoms with van der Waals surface area (Å²) in [6, 6.07) is 48.7. The number of nitrogens with zero attached hydrogens (tertiary/aromatic N) is 3. The average Bonchev–Trinajstić information content (AvgIpc) is 3.45. The first-order valence-corrected chi connectivity index (χ1v) is 16.5. The third-order valence-corrected chi connectivity index (χ3v) is 10.1. The Morgan fingerprint density at radius 2 is 1.21 bits per heavy atom. The van der Waals surface area contributed by atoms with Crippen LogP contribution < -0.4 is 4.74 Å². The highest BCUT2D eigenvalue weighted by atomic mass is 16.5. The molecule has 3 aliphatic rings. The van der Waals surface area contributed by atoms with Crippen molar-refractivity contribution in [2.45, 2.75) is 18.3 Å². The summed E-state index contributed by atoms with van der Waals surface area (Å²) in [7, 11) is 0. The number of rotatable bonds is 3. The van der Waals surface area contributed by atoms with Crippen LogP contribution in [0, 0.1) is 0 Å². The Hall–Kier alpha value is -6.13. The lowest BCUT2D eigenvalue weighted by Gasteiger charge is -2.41. The standard InChI is InChI=1S/C44H29N3O/c1-2-14-29(15-3-1)41-45-42(47-43(46-41)34-20-12-16-28-13-4-5-17-31(28)34)30-25-26-40-38(27-30)44(37-23-10-11-24-39(37)48-40)35-21-8-6-18-32(35)33-19-7-9-22-36(33)44/h1-8,10-21,23-27H,9,22H2. The molecule has 0 N–H and O–H groups in total. The number of hydrogen-bond acceptors (Lipinski definition) is 4. The molecule has 4 heteroatoms. The second-order valence-electron chi connectivity index (χ2n) is 12.6. The predicted molar refractivity (Wildman–Crippen MR) is 192 cm³/mol. The fourth-order valence-electron chi connectivity index (χ4n) is 8.07. The van der Waals surface area contributed by atoms with Gasteiger partial charge in [0.2, 0.25) is 0 Å². The first-order valence-electron chi connectivity index (χ1n) is 16.5. The lowest BCUT2D eigenvalue weighted by Crippen LogP contribution is -2.33. The van der Waals surface area contributed by atoms with Crippen LogP contribution in [0.15, 0.2) is 157 Å². The van der Waals surface area contributed by atoms with Gasteiger partial charge in [-0.25, -0.2) is 15.0 Å². The van der Waals surface area contributed by atoms with Gasteiger partial charge in [0.05, 0.1) is 5.41 Å². The van der Waals surface area contributed by atoms with Gasteiger partial charge in [-0.15, -0.1) is 0 Å². The molecular formula is C44H29N3O. The van der Waals surface area contributed by atoms with Crippen LogP contribution in [0.4, 0.5) is 0 Å². The van der Waals surface area contributed by atoms with E-state index in [1.165, 1.54) is 27.8 Å². The minimum atomic E-state index is -0.482. The molecule has 4 nitrogen and oxygen atoms in total. The van der Waals surface area contributed by atoms with Crippen molar-refractivity contribution in [2.75, 3.05) is 0 Å². The lowest BCUT2D eigenvalue weighted by atomic mass is 9.64. The number of allylic oxidation sites excluding steroid dienone is 4. The molecule has 7 aromatic rings. The normalized spacial score (nSPS) is 17.1. The van der Waals surface area contributed by atoms with E-state index in [1.807, 2.05) is 18.2 Å². The second kappa shape index (κ2) is 10.4. The zero-order chi connectivity index (χ0) is 31.7. The van der Waals surface area contributed by atoms with Crippen LogP contribution in [0.2, 0.25) is 0 Å². The van der Waals surface area contributed by atoms with Gasteiger partial charge >= 0.3 is 0 Å². The van der Waals surface area contributed by atoms with Crippen molar-refractivity contribution in [1.82, 2.24) is 15.0 Å². The van der Waals surface area contributed by atoms with Crippen molar-refractivity contribution in [3.63, 3.8) is 0 Å². The SMILES string of the molecule is C1=CC2=C(CC1)C1(c3ccccc3Oc3ccc(-c4nc(-c5ccccc5)nc(-c5cccc6ccccc56)n4)cc31)c1ccccc12. The van der Waals surface area contributed by atoms with E-state index in [4.69, 9.17) is 19.7 Å². The summed E-state index contributed by atoms with van der Waals surface area (Å²) in [4.78, 5) is 15.4. The molecule has 48 heavy (non-hydrogen) atoms. The molecule has 1 atom stereocenters. The molecule has 2 aliphatic carbocycles. The zero-order valence-corrected chi connectivity index (χ0v) is 26.1. The molecule has 1 spiro atoms. The third-order valence-electron chi connectivity index (χ3n) is 10.1. The largest absolute Gasteiger partial charge is 0.457 e.